The molecule has 0 radical (unpaired) electrons. The van der Waals surface area contributed by atoms with E-state index in [-0.39, 0.29) is 30.5 Å². The number of benzene rings is 2. The Hall–Kier alpha value is -2.69. The van der Waals surface area contributed by atoms with E-state index in [4.69, 9.17) is 4.74 Å². The van der Waals surface area contributed by atoms with Crippen molar-refractivity contribution in [2.75, 3.05) is 59.1 Å². The minimum atomic E-state index is 0.107. The van der Waals surface area contributed by atoms with Gasteiger partial charge in [-0.3, -0.25) is 14.6 Å². The average molecular weight is 474 g/mol. The highest BCUT2D eigenvalue weighted by molar-refractivity contribution is 5.78. The van der Waals surface area contributed by atoms with E-state index in [2.05, 4.69) is 50.8 Å². The monoisotopic (exact) mass is 473 g/mol. The van der Waals surface area contributed by atoms with Crippen LogP contribution in [-0.2, 0) is 9.53 Å². The summed E-state index contributed by atoms with van der Waals surface area (Å²) in [6, 6.07) is 18.8. The molecule has 5 rings (SSSR count). The third kappa shape index (κ3) is 5.60. The number of amides is 1. The van der Waals surface area contributed by atoms with E-state index in [1.54, 1.807) is 0 Å². The lowest BCUT2D eigenvalue weighted by molar-refractivity contribution is -0.138. The number of rotatable bonds is 4. The first-order chi connectivity index (χ1) is 17.2. The Morgan fingerprint density at radius 2 is 1.60 bits per heavy atom. The molecule has 1 N–H and O–H groups in total. The van der Waals surface area contributed by atoms with Crippen LogP contribution >= 0.6 is 0 Å². The maximum absolute atomic E-state index is 13.2. The zero-order valence-electron chi connectivity index (χ0n) is 20.3. The first kappa shape index (κ1) is 24.0. The maximum atomic E-state index is 13.2. The maximum Gasteiger partial charge on any atom is 0.236 e. The molecule has 3 atom stereocenters. The molecule has 0 unspecified atom stereocenters. The molecule has 184 valence electrons. The highest BCUT2D eigenvalue weighted by Crippen LogP contribution is 2.42. The largest absolute Gasteiger partial charge is 0.395 e. The zero-order chi connectivity index (χ0) is 24.0. The van der Waals surface area contributed by atoms with Crippen molar-refractivity contribution in [3.63, 3.8) is 0 Å². The fourth-order valence-electron chi connectivity index (χ4n) is 5.67. The zero-order valence-corrected chi connectivity index (χ0v) is 20.3. The number of carbonyl (C=O) groups excluding carboxylic acids is 1. The van der Waals surface area contributed by atoms with Crippen molar-refractivity contribution in [1.29, 1.82) is 0 Å². The van der Waals surface area contributed by atoms with Gasteiger partial charge in [0.25, 0.3) is 0 Å². The number of aliphatic hydroxyl groups excluding tert-OH is 1. The molecule has 0 aromatic heterocycles. The molecule has 1 amide bonds. The van der Waals surface area contributed by atoms with Gasteiger partial charge in [0.15, 0.2) is 0 Å². The number of hydrogen-bond acceptors (Lipinski definition) is 5. The molecule has 6 heteroatoms. The third-order valence-corrected chi connectivity index (χ3v) is 7.61. The highest BCUT2D eigenvalue weighted by atomic mass is 16.5. The molecule has 3 fully saturated rings. The Balaban J connectivity index is 1.29. The second-order valence-electron chi connectivity index (χ2n) is 9.75. The molecular weight excluding hydrogens is 438 g/mol. The van der Waals surface area contributed by atoms with Crippen LogP contribution in [-0.4, -0.2) is 96.9 Å². The van der Waals surface area contributed by atoms with Crippen molar-refractivity contribution in [3.8, 4) is 11.8 Å². The van der Waals surface area contributed by atoms with Crippen molar-refractivity contribution in [2.45, 2.75) is 30.8 Å². The number of nitrogens with zero attached hydrogens (tertiary/aromatic N) is 3. The quantitative estimate of drug-likeness (QED) is 0.690. The fraction of sp³-hybridized carbons (Fsp3) is 0.483. The van der Waals surface area contributed by atoms with Crippen LogP contribution < -0.4 is 0 Å². The van der Waals surface area contributed by atoms with Crippen LogP contribution in [0.3, 0.4) is 0 Å². The van der Waals surface area contributed by atoms with Gasteiger partial charge in [0.05, 0.1) is 26.4 Å². The van der Waals surface area contributed by atoms with Crippen LogP contribution in [0.4, 0.5) is 0 Å². The number of aliphatic hydroxyl groups is 1. The average Bonchev–Trinajstić information content (AvgIpc) is 2.88. The Morgan fingerprint density at radius 3 is 2.31 bits per heavy atom. The van der Waals surface area contributed by atoms with E-state index in [1.165, 1.54) is 5.56 Å². The number of carbonyl (C=O) groups is 1. The lowest BCUT2D eigenvalue weighted by atomic mass is 9.74. The van der Waals surface area contributed by atoms with Gasteiger partial charge >= 0.3 is 0 Å². The van der Waals surface area contributed by atoms with Crippen LogP contribution in [0.5, 0.6) is 0 Å². The van der Waals surface area contributed by atoms with Crippen LogP contribution in [0.2, 0.25) is 0 Å². The van der Waals surface area contributed by atoms with E-state index in [0.29, 0.717) is 19.8 Å². The summed E-state index contributed by atoms with van der Waals surface area (Å²) in [5.41, 5.74) is 3.20. The lowest BCUT2D eigenvalue weighted by Gasteiger charge is -2.57. The third-order valence-electron chi connectivity index (χ3n) is 7.61. The first-order valence-electron chi connectivity index (χ1n) is 12.8. The molecule has 0 spiro atoms. The summed E-state index contributed by atoms with van der Waals surface area (Å²) in [6.07, 6.45) is 2.06. The summed E-state index contributed by atoms with van der Waals surface area (Å²) in [4.78, 5) is 19.9. The van der Waals surface area contributed by atoms with Gasteiger partial charge in [0.1, 0.15) is 0 Å². The lowest BCUT2D eigenvalue weighted by Crippen LogP contribution is -2.68. The summed E-state index contributed by atoms with van der Waals surface area (Å²) in [6.45, 7) is 6.19. The highest BCUT2D eigenvalue weighted by Gasteiger charge is 2.49. The van der Waals surface area contributed by atoms with E-state index < -0.39 is 0 Å². The van der Waals surface area contributed by atoms with Gasteiger partial charge in [-0.1, -0.05) is 42.2 Å². The van der Waals surface area contributed by atoms with E-state index >= 15 is 0 Å². The molecule has 2 aromatic carbocycles. The Morgan fingerprint density at radius 1 is 0.914 bits per heavy atom. The van der Waals surface area contributed by atoms with Crippen LogP contribution in [0.1, 0.15) is 35.4 Å². The number of fused-ring (bicyclic) bond motifs is 1. The molecule has 2 aromatic rings. The standard InChI is InChI=1S/C29H35N3O3/c33-22-27-29(25-12-10-24(11-13-25)9-8-23-6-2-1-3-7-23)26-20-31(14-4-5-15-32(26)27)28(34)21-30-16-18-35-19-17-30/h1-3,6-7,10-13,26-27,29,33H,4-5,14-22H2/t26-,27-,29-/m0/s1. The van der Waals surface area contributed by atoms with E-state index in [1.807, 2.05) is 30.3 Å². The predicted octanol–water partition coefficient (Wildman–Crippen LogP) is 2.17. The molecular formula is C29H35N3O3. The molecule has 3 heterocycles. The van der Waals surface area contributed by atoms with Gasteiger partial charge in [-0.15, -0.1) is 0 Å². The van der Waals surface area contributed by atoms with Gasteiger partial charge in [0, 0.05) is 55.3 Å². The van der Waals surface area contributed by atoms with Gasteiger partial charge in [-0.2, -0.15) is 0 Å². The van der Waals surface area contributed by atoms with Crippen molar-refractivity contribution >= 4 is 5.91 Å². The molecule has 0 aliphatic carbocycles. The predicted molar refractivity (Wildman–Crippen MR) is 136 cm³/mol. The second-order valence-corrected chi connectivity index (χ2v) is 9.75. The van der Waals surface area contributed by atoms with Crippen LogP contribution in [0.15, 0.2) is 54.6 Å². The molecule has 0 saturated carbocycles. The SMILES string of the molecule is O=C(CN1CCOCC1)N1CCCCN2[C@@H](CO)[C@@H](c3ccc(C#Cc4ccccc4)cc3)[C@@H]2C1. The smallest absolute Gasteiger partial charge is 0.236 e. The molecule has 35 heavy (non-hydrogen) atoms. The Labute approximate surface area is 208 Å². The topological polar surface area (TPSA) is 56.2 Å². The molecule has 3 aliphatic heterocycles. The minimum Gasteiger partial charge on any atom is -0.395 e. The fourth-order valence-corrected chi connectivity index (χ4v) is 5.67. The number of morpholine rings is 1. The summed E-state index contributed by atoms with van der Waals surface area (Å²) in [7, 11) is 0. The van der Waals surface area contributed by atoms with Crippen LogP contribution in [0, 0.1) is 11.8 Å². The van der Waals surface area contributed by atoms with Crippen molar-refractivity contribution in [1.82, 2.24) is 14.7 Å². The normalized spacial score (nSPS) is 25.4. The number of ether oxygens (including phenoxy) is 1. The van der Waals surface area contributed by atoms with E-state index in [9.17, 15) is 9.90 Å². The van der Waals surface area contributed by atoms with Gasteiger partial charge in [0.2, 0.25) is 5.91 Å². The summed E-state index contributed by atoms with van der Waals surface area (Å²) >= 11 is 0. The minimum absolute atomic E-state index is 0.107. The van der Waals surface area contributed by atoms with Crippen molar-refractivity contribution in [3.05, 3.63) is 71.3 Å². The van der Waals surface area contributed by atoms with Crippen molar-refractivity contribution < 1.29 is 14.6 Å². The summed E-state index contributed by atoms with van der Waals surface area (Å²) in [5.74, 6) is 6.89. The van der Waals surface area contributed by atoms with Gasteiger partial charge < -0.3 is 14.7 Å². The Bertz CT molecular complexity index is 1040. The molecule has 3 saturated heterocycles. The van der Waals surface area contributed by atoms with E-state index in [0.717, 1.165) is 56.7 Å². The van der Waals surface area contributed by atoms with Crippen molar-refractivity contribution in [2.24, 2.45) is 0 Å². The molecule has 6 nitrogen and oxygen atoms in total. The molecule has 0 bridgehead atoms. The summed E-state index contributed by atoms with van der Waals surface area (Å²) < 4.78 is 5.43. The number of hydrogen-bond donors (Lipinski definition) is 1. The first-order valence-corrected chi connectivity index (χ1v) is 12.8. The van der Waals surface area contributed by atoms with Crippen LogP contribution in [0.25, 0.3) is 0 Å². The Kier molecular flexibility index (Phi) is 7.80. The molecule has 3 aliphatic rings. The van der Waals surface area contributed by atoms with Gasteiger partial charge in [-0.05, 0) is 49.2 Å². The second kappa shape index (κ2) is 11.4. The summed E-state index contributed by atoms with van der Waals surface area (Å²) in [5, 5.41) is 10.2. The van der Waals surface area contributed by atoms with Gasteiger partial charge in [-0.25, -0.2) is 0 Å².